The molecule has 140 valence electrons. The Balaban J connectivity index is 1.54. The number of nitrogens with zero attached hydrogens (tertiary/aromatic N) is 3. The lowest BCUT2D eigenvalue weighted by Gasteiger charge is -2.17. The van der Waals surface area contributed by atoms with Crippen LogP contribution in [0.5, 0.6) is 0 Å². The van der Waals surface area contributed by atoms with Gasteiger partial charge in [-0.2, -0.15) is 0 Å². The van der Waals surface area contributed by atoms with Crippen LogP contribution >= 0.6 is 0 Å². The molecular weight excluding hydrogens is 355 g/mol. The zero-order valence-corrected chi connectivity index (χ0v) is 15.1. The van der Waals surface area contributed by atoms with Crippen molar-refractivity contribution < 1.29 is 9.18 Å². The first kappa shape index (κ1) is 17.9. The van der Waals surface area contributed by atoms with Crippen molar-refractivity contribution in [2.75, 3.05) is 0 Å². The number of imidazole rings is 1. The van der Waals surface area contributed by atoms with Gasteiger partial charge < -0.3 is 9.72 Å². The molecule has 0 aliphatic heterocycles. The quantitative estimate of drug-likeness (QED) is 0.562. The molecule has 4 rings (SSSR count). The van der Waals surface area contributed by atoms with Crippen molar-refractivity contribution >= 4 is 11.4 Å². The molecule has 0 spiro atoms. The first-order chi connectivity index (χ1) is 13.7. The van der Waals surface area contributed by atoms with Crippen LogP contribution in [-0.4, -0.2) is 20.3 Å². The van der Waals surface area contributed by atoms with Crippen molar-refractivity contribution in [2.45, 2.75) is 18.9 Å². The predicted octanol–water partition coefficient (Wildman–Crippen LogP) is 3.51. The van der Waals surface area contributed by atoms with Gasteiger partial charge in [0.1, 0.15) is 11.6 Å². The lowest BCUT2D eigenvalue weighted by Crippen LogP contribution is -2.31. The minimum Gasteiger partial charge on any atom is -0.348 e. The molecular formula is C22H19FN4O. The van der Waals surface area contributed by atoms with E-state index in [1.165, 1.54) is 12.1 Å². The topological polar surface area (TPSA) is 59.3 Å². The molecule has 0 radical (unpaired) electrons. The van der Waals surface area contributed by atoms with Gasteiger partial charge in [-0.1, -0.05) is 24.3 Å². The molecule has 0 bridgehead atoms. The van der Waals surface area contributed by atoms with E-state index in [1.54, 1.807) is 30.7 Å². The summed E-state index contributed by atoms with van der Waals surface area (Å²) in [6, 6.07) is 15.7. The molecule has 1 amide bonds. The minimum absolute atomic E-state index is 0.136. The molecule has 4 aromatic rings. The molecule has 1 atom stereocenters. The predicted molar refractivity (Wildman–Crippen MR) is 104 cm³/mol. The number of pyridine rings is 2. The van der Waals surface area contributed by atoms with Crippen molar-refractivity contribution in [2.24, 2.45) is 0 Å². The third kappa shape index (κ3) is 3.91. The van der Waals surface area contributed by atoms with E-state index in [2.05, 4.69) is 15.3 Å². The average Bonchev–Trinajstić information content (AvgIpc) is 3.15. The van der Waals surface area contributed by atoms with Crippen LogP contribution < -0.4 is 5.32 Å². The number of carbonyl (C=O) groups is 1. The Hall–Kier alpha value is -3.54. The molecule has 1 N–H and O–H groups in total. The smallest absolute Gasteiger partial charge is 0.228 e. The van der Waals surface area contributed by atoms with Crippen molar-refractivity contribution in [3.05, 3.63) is 102 Å². The van der Waals surface area contributed by atoms with Gasteiger partial charge in [0.05, 0.1) is 24.2 Å². The Morgan fingerprint density at radius 3 is 2.71 bits per heavy atom. The van der Waals surface area contributed by atoms with E-state index in [0.717, 1.165) is 22.5 Å². The van der Waals surface area contributed by atoms with Gasteiger partial charge in [-0.3, -0.25) is 9.78 Å². The average molecular weight is 374 g/mol. The summed E-state index contributed by atoms with van der Waals surface area (Å²) in [5.74, 6) is -0.157. The number of amides is 1. The van der Waals surface area contributed by atoms with E-state index in [1.807, 2.05) is 40.9 Å². The van der Waals surface area contributed by atoms with Gasteiger partial charge in [0, 0.05) is 18.6 Å². The van der Waals surface area contributed by atoms with E-state index in [9.17, 15) is 9.18 Å². The Morgan fingerprint density at radius 2 is 1.93 bits per heavy atom. The fourth-order valence-electron chi connectivity index (χ4n) is 3.23. The van der Waals surface area contributed by atoms with Crippen LogP contribution in [-0.2, 0) is 17.8 Å². The van der Waals surface area contributed by atoms with Gasteiger partial charge in [0.2, 0.25) is 5.91 Å². The van der Waals surface area contributed by atoms with Crippen molar-refractivity contribution in [1.29, 1.82) is 0 Å². The Kier molecular flexibility index (Phi) is 5.10. The Bertz CT molecular complexity index is 1080. The number of aromatic nitrogens is 3. The second-order valence-electron chi connectivity index (χ2n) is 6.56. The fraction of sp³-hybridized carbons (Fsp3) is 0.136. The number of carbonyl (C=O) groups excluding carboxylic acids is 1. The van der Waals surface area contributed by atoms with Crippen LogP contribution in [0.2, 0.25) is 0 Å². The van der Waals surface area contributed by atoms with E-state index >= 15 is 0 Å². The van der Waals surface area contributed by atoms with E-state index in [0.29, 0.717) is 13.0 Å². The number of nitrogens with one attached hydrogen (secondary N) is 1. The van der Waals surface area contributed by atoms with Gasteiger partial charge >= 0.3 is 0 Å². The maximum Gasteiger partial charge on any atom is 0.228 e. The maximum absolute atomic E-state index is 13.3. The van der Waals surface area contributed by atoms with Crippen molar-refractivity contribution in [3.8, 4) is 0 Å². The van der Waals surface area contributed by atoms with Gasteiger partial charge in [0.15, 0.2) is 0 Å². The van der Waals surface area contributed by atoms with Gasteiger partial charge in [-0.05, 0) is 47.9 Å². The molecule has 3 aromatic heterocycles. The Morgan fingerprint density at radius 1 is 1.07 bits per heavy atom. The standard InChI is InChI=1S/C22H19FN4O/c23-18-8-6-17(7-9-18)20(12-16-4-3-10-24-13-16)22(28)26-15-21-25-14-19-5-1-2-11-27(19)21/h1-11,13-14,20H,12,15H2,(H,26,28). The molecule has 0 aliphatic carbocycles. The monoisotopic (exact) mass is 374 g/mol. The highest BCUT2D eigenvalue weighted by Crippen LogP contribution is 2.22. The van der Waals surface area contributed by atoms with Gasteiger partial charge in [0.25, 0.3) is 0 Å². The van der Waals surface area contributed by atoms with Gasteiger partial charge in [-0.15, -0.1) is 0 Å². The number of rotatable bonds is 6. The first-order valence-electron chi connectivity index (χ1n) is 9.04. The highest BCUT2D eigenvalue weighted by molar-refractivity contribution is 5.84. The molecule has 0 fully saturated rings. The minimum atomic E-state index is -0.448. The van der Waals surface area contributed by atoms with Crippen molar-refractivity contribution in [3.63, 3.8) is 0 Å². The van der Waals surface area contributed by atoms with Crippen LogP contribution in [0.25, 0.3) is 5.52 Å². The zero-order chi connectivity index (χ0) is 19.3. The molecule has 0 saturated heterocycles. The number of hydrogen-bond donors (Lipinski definition) is 1. The summed E-state index contributed by atoms with van der Waals surface area (Å²) in [5, 5.41) is 2.97. The Labute approximate surface area is 161 Å². The van der Waals surface area contributed by atoms with E-state index in [4.69, 9.17) is 0 Å². The summed E-state index contributed by atoms with van der Waals surface area (Å²) in [7, 11) is 0. The second-order valence-corrected chi connectivity index (χ2v) is 6.56. The number of fused-ring (bicyclic) bond motifs is 1. The van der Waals surface area contributed by atoms with E-state index in [-0.39, 0.29) is 11.7 Å². The van der Waals surface area contributed by atoms with Gasteiger partial charge in [-0.25, -0.2) is 9.37 Å². The summed E-state index contributed by atoms with van der Waals surface area (Å²) in [6.45, 7) is 0.307. The van der Waals surface area contributed by atoms with Crippen LogP contribution in [0, 0.1) is 5.82 Å². The highest BCUT2D eigenvalue weighted by Gasteiger charge is 2.21. The lowest BCUT2D eigenvalue weighted by atomic mass is 9.91. The largest absolute Gasteiger partial charge is 0.348 e. The molecule has 1 unspecified atom stereocenters. The van der Waals surface area contributed by atoms with E-state index < -0.39 is 5.92 Å². The summed E-state index contributed by atoms with van der Waals surface area (Å²) in [6.07, 6.45) is 7.60. The lowest BCUT2D eigenvalue weighted by molar-refractivity contribution is -0.122. The first-order valence-corrected chi connectivity index (χ1v) is 9.04. The van der Waals surface area contributed by atoms with Crippen molar-refractivity contribution in [1.82, 2.24) is 19.7 Å². The molecule has 3 heterocycles. The number of halogens is 1. The SMILES string of the molecule is O=C(NCc1ncc2ccccn12)C(Cc1cccnc1)c1ccc(F)cc1. The number of hydrogen-bond acceptors (Lipinski definition) is 3. The summed E-state index contributed by atoms with van der Waals surface area (Å²) in [4.78, 5) is 21.5. The normalized spacial score (nSPS) is 12.0. The highest BCUT2D eigenvalue weighted by atomic mass is 19.1. The van der Waals surface area contributed by atoms with Crippen LogP contribution in [0.4, 0.5) is 4.39 Å². The van der Waals surface area contributed by atoms with Crippen LogP contribution in [0.15, 0.2) is 79.4 Å². The number of benzene rings is 1. The molecule has 1 aromatic carbocycles. The second kappa shape index (κ2) is 8.00. The zero-order valence-electron chi connectivity index (χ0n) is 15.1. The van der Waals surface area contributed by atoms with Crippen LogP contribution in [0.3, 0.4) is 0 Å². The third-order valence-corrected chi connectivity index (χ3v) is 4.69. The third-order valence-electron chi connectivity index (χ3n) is 4.69. The molecule has 5 nitrogen and oxygen atoms in total. The molecule has 28 heavy (non-hydrogen) atoms. The maximum atomic E-state index is 13.3. The summed E-state index contributed by atoms with van der Waals surface area (Å²) < 4.78 is 15.3. The fourth-order valence-corrected chi connectivity index (χ4v) is 3.23. The van der Waals surface area contributed by atoms with Crippen LogP contribution in [0.1, 0.15) is 22.9 Å². The summed E-state index contributed by atoms with van der Waals surface area (Å²) >= 11 is 0. The summed E-state index contributed by atoms with van der Waals surface area (Å²) in [5.41, 5.74) is 2.67. The molecule has 0 saturated carbocycles. The molecule has 6 heteroatoms. The molecule has 0 aliphatic rings.